The highest BCUT2D eigenvalue weighted by Crippen LogP contribution is 2.38. The molecule has 0 bridgehead atoms. The van der Waals surface area contributed by atoms with E-state index in [2.05, 4.69) is 33.9 Å². The molecule has 0 saturated carbocycles. The monoisotopic (exact) mass is 392 g/mol. The number of carbonyl (C=O) groups excluding carboxylic acids is 2. The van der Waals surface area contributed by atoms with Crippen molar-refractivity contribution >= 4 is 20.3 Å². The first-order valence-corrected chi connectivity index (χ1v) is 12.2. The van der Waals surface area contributed by atoms with E-state index in [1.165, 1.54) is 13.0 Å². The Morgan fingerprint density at radius 1 is 1.19 bits per heavy atom. The lowest BCUT2D eigenvalue weighted by molar-refractivity contribution is -0.144. The molecule has 0 radical (unpaired) electrons. The third-order valence-electron chi connectivity index (χ3n) is 4.62. The Morgan fingerprint density at radius 3 is 2.37 bits per heavy atom. The predicted octanol–water partition coefficient (Wildman–Crippen LogP) is 4.66. The average Bonchev–Trinajstić information content (AvgIpc) is 2.53. The molecule has 0 aromatic heterocycles. The molecule has 1 aromatic carbocycles. The maximum atomic E-state index is 11.6. The SMILES string of the molecule is CCOC(=O)/C=C/[C@H](Cc1ccccc1O[Si](C)(C)C(C)(C)C)OC(C)=O. The van der Waals surface area contributed by atoms with Gasteiger partial charge in [0.1, 0.15) is 11.9 Å². The molecular weight excluding hydrogens is 360 g/mol. The molecule has 6 heteroatoms. The molecule has 1 aromatic rings. The normalized spacial score (nSPS) is 13.3. The highest BCUT2D eigenvalue weighted by Gasteiger charge is 2.39. The van der Waals surface area contributed by atoms with Crippen LogP contribution in [0.1, 0.15) is 40.2 Å². The van der Waals surface area contributed by atoms with Crippen molar-refractivity contribution < 1.29 is 23.5 Å². The molecule has 150 valence electrons. The highest BCUT2D eigenvalue weighted by atomic mass is 28.4. The number of carbonyl (C=O) groups is 2. The van der Waals surface area contributed by atoms with Crippen LogP contribution in [0.3, 0.4) is 0 Å². The van der Waals surface area contributed by atoms with Crippen molar-refractivity contribution in [2.45, 2.75) is 65.3 Å². The van der Waals surface area contributed by atoms with Gasteiger partial charge in [0, 0.05) is 19.4 Å². The first-order chi connectivity index (χ1) is 12.5. The fourth-order valence-electron chi connectivity index (χ4n) is 2.16. The maximum absolute atomic E-state index is 11.6. The second-order valence-corrected chi connectivity index (χ2v) is 12.7. The molecule has 0 amide bonds. The summed E-state index contributed by atoms with van der Waals surface area (Å²) >= 11 is 0. The molecule has 1 atom stereocenters. The Bertz CT molecular complexity index is 673. The number of esters is 2. The minimum Gasteiger partial charge on any atom is -0.543 e. The third kappa shape index (κ3) is 7.59. The number of hydrogen-bond acceptors (Lipinski definition) is 5. The average molecular weight is 393 g/mol. The van der Waals surface area contributed by atoms with Gasteiger partial charge >= 0.3 is 11.9 Å². The van der Waals surface area contributed by atoms with Gasteiger partial charge in [-0.2, -0.15) is 0 Å². The summed E-state index contributed by atoms with van der Waals surface area (Å²) in [4.78, 5) is 23.0. The summed E-state index contributed by atoms with van der Waals surface area (Å²) < 4.78 is 16.7. The molecule has 0 unspecified atom stereocenters. The first-order valence-electron chi connectivity index (χ1n) is 9.25. The summed E-state index contributed by atoms with van der Waals surface area (Å²) in [6.07, 6.45) is 2.70. The molecule has 0 aliphatic heterocycles. The molecule has 1 rings (SSSR count). The van der Waals surface area contributed by atoms with E-state index in [-0.39, 0.29) is 5.04 Å². The van der Waals surface area contributed by atoms with Crippen LogP contribution in [0.2, 0.25) is 18.1 Å². The Labute approximate surface area is 163 Å². The molecule has 0 fully saturated rings. The zero-order valence-corrected chi connectivity index (χ0v) is 18.5. The second-order valence-electron chi connectivity index (χ2n) is 7.93. The van der Waals surface area contributed by atoms with Crippen LogP contribution in [0.5, 0.6) is 5.75 Å². The fraction of sp³-hybridized carbons (Fsp3) is 0.524. The minimum atomic E-state index is -2.01. The Morgan fingerprint density at radius 2 is 1.81 bits per heavy atom. The lowest BCUT2D eigenvalue weighted by Gasteiger charge is -2.37. The second kappa shape index (κ2) is 9.74. The van der Waals surface area contributed by atoms with Crippen LogP contribution >= 0.6 is 0 Å². The van der Waals surface area contributed by atoms with Crippen molar-refractivity contribution in [3.63, 3.8) is 0 Å². The van der Waals surface area contributed by atoms with Crippen molar-refractivity contribution in [2.24, 2.45) is 0 Å². The smallest absolute Gasteiger partial charge is 0.330 e. The van der Waals surface area contributed by atoms with Crippen LogP contribution in [-0.2, 0) is 25.5 Å². The van der Waals surface area contributed by atoms with E-state index >= 15 is 0 Å². The van der Waals surface area contributed by atoms with Gasteiger partial charge in [-0.3, -0.25) is 4.79 Å². The topological polar surface area (TPSA) is 61.8 Å². The van der Waals surface area contributed by atoms with Gasteiger partial charge in [0.15, 0.2) is 0 Å². The van der Waals surface area contributed by atoms with Crippen LogP contribution in [0.25, 0.3) is 0 Å². The molecule has 0 aliphatic carbocycles. The molecule has 0 spiro atoms. The van der Waals surface area contributed by atoms with E-state index in [1.54, 1.807) is 13.0 Å². The summed E-state index contributed by atoms with van der Waals surface area (Å²) in [5, 5.41) is 0.0687. The van der Waals surface area contributed by atoms with Crippen molar-refractivity contribution in [1.82, 2.24) is 0 Å². The van der Waals surface area contributed by atoms with E-state index in [4.69, 9.17) is 13.9 Å². The summed E-state index contributed by atoms with van der Waals surface area (Å²) in [7, 11) is -2.01. The first kappa shape index (κ1) is 23.0. The van der Waals surface area contributed by atoms with Crippen LogP contribution < -0.4 is 4.43 Å². The highest BCUT2D eigenvalue weighted by molar-refractivity contribution is 6.74. The van der Waals surface area contributed by atoms with Gasteiger partial charge in [-0.15, -0.1) is 0 Å². The van der Waals surface area contributed by atoms with E-state index in [9.17, 15) is 9.59 Å². The van der Waals surface area contributed by atoms with Crippen molar-refractivity contribution in [2.75, 3.05) is 6.61 Å². The van der Waals surface area contributed by atoms with E-state index < -0.39 is 26.4 Å². The molecule has 0 heterocycles. The zero-order chi connectivity index (χ0) is 20.7. The van der Waals surface area contributed by atoms with E-state index in [1.807, 2.05) is 24.3 Å². The quantitative estimate of drug-likeness (QED) is 0.366. The lowest BCUT2D eigenvalue weighted by Crippen LogP contribution is -2.44. The molecule has 5 nitrogen and oxygen atoms in total. The Kier molecular flexibility index (Phi) is 8.28. The van der Waals surface area contributed by atoms with Gasteiger partial charge in [0.05, 0.1) is 6.61 Å². The van der Waals surface area contributed by atoms with Crippen molar-refractivity contribution in [1.29, 1.82) is 0 Å². The van der Waals surface area contributed by atoms with E-state index in [0.29, 0.717) is 13.0 Å². The van der Waals surface area contributed by atoms with Gasteiger partial charge in [-0.05, 0) is 42.8 Å². The Balaban J connectivity index is 3.05. The van der Waals surface area contributed by atoms with Gasteiger partial charge in [0.2, 0.25) is 8.32 Å². The third-order valence-corrected chi connectivity index (χ3v) is 8.96. The van der Waals surface area contributed by atoms with Crippen LogP contribution in [0.4, 0.5) is 0 Å². The summed E-state index contributed by atoms with van der Waals surface area (Å²) in [5.41, 5.74) is 0.932. The molecule has 0 saturated heterocycles. The number of hydrogen-bond donors (Lipinski definition) is 0. The standard InChI is InChI=1S/C21H32O5Si/c1-8-24-20(23)14-13-18(25-16(2)22)15-17-11-9-10-12-19(17)26-27(6,7)21(3,4)5/h9-14,18H,8,15H2,1-7H3/b14-13+/t18-/m1/s1. The fourth-order valence-corrected chi connectivity index (χ4v) is 3.21. The molecule has 0 aliphatic rings. The summed E-state index contributed by atoms with van der Waals surface area (Å²) in [5.74, 6) is -0.0671. The van der Waals surface area contributed by atoms with Gasteiger partial charge in [0.25, 0.3) is 0 Å². The predicted molar refractivity (Wildman–Crippen MR) is 109 cm³/mol. The minimum absolute atomic E-state index is 0.0687. The molecule has 27 heavy (non-hydrogen) atoms. The van der Waals surface area contributed by atoms with Crippen LogP contribution in [-0.4, -0.2) is 33.0 Å². The molecule has 0 N–H and O–H groups in total. The van der Waals surface area contributed by atoms with Crippen LogP contribution in [0.15, 0.2) is 36.4 Å². The number of benzene rings is 1. The summed E-state index contributed by atoms with van der Waals surface area (Å²) in [6, 6.07) is 7.75. The van der Waals surface area contributed by atoms with E-state index in [0.717, 1.165) is 11.3 Å². The number of rotatable bonds is 8. The van der Waals surface area contributed by atoms with Crippen LogP contribution in [0, 0.1) is 0 Å². The maximum Gasteiger partial charge on any atom is 0.330 e. The Hall–Kier alpha value is -2.08. The van der Waals surface area contributed by atoms with Gasteiger partial charge in [-0.1, -0.05) is 39.0 Å². The zero-order valence-electron chi connectivity index (χ0n) is 17.5. The lowest BCUT2D eigenvalue weighted by atomic mass is 10.1. The number of para-hydroxylation sites is 1. The van der Waals surface area contributed by atoms with Crippen molar-refractivity contribution in [3.8, 4) is 5.75 Å². The molecular formula is C21H32O5Si. The van der Waals surface area contributed by atoms with Crippen molar-refractivity contribution in [3.05, 3.63) is 42.0 Å². The van der Waals surface area contributed by atoms with Gasteiger partial charge < -0.3 is 13.9 Å². The largest absolute Gasteiger partial charge is 0.543 e. The summed E-state index contributed by atoms with van der Waals surface area (Å²) in [6.45, 7) is 14.3. The number of ether oxygens (including phenoxy) is 2. The van der Waals surface area contributed by atoms with Gasteiger partial charge in [-0.25, -0.2) is 4.79 Å².